The van der Waals surface area contributed by atoms with E-state index in [-0.39, 0.29) is 0 Å². The molecule has 0 saturated heterocycles. The van der Waals surface area contributed by atoms with E-state index in [0.717, 1.165) is 24.4 Å². The highest BCUT2D eigenvalue weighted by Gasteiger charge is 2.28. The van der Waals surface area contributed by atoms with E-state index >= 15 is 0 Å². The van der Waals surface area contributed by atoms with Gasteiger partial charge in [-0.05, 0) is 37.0 Å². The second-order valence-electron chi connectivity index (χ2n) is 4.29. The molecule has 0 spiro atoms. The lowest BCUT2D eigenvalue weighted by atomic mass is 9.72. The Morgan fingerprint density at radius 1 is 1.27 bits per heavy atom. The summed E-state index contributed by atoms with van der Waals surface area (Å²) in [4.78, 5) is 0. The SMILES string of the molecule is COCC1CC(CC(C)C)C1. The highest BCUT2D eigenvalue weighted by atomic mass is 16.5. The van der Waals surface area contributed by atoms with Crippen LogP contribution in [0.5, 0.6) is 0 Å². The molecule has 0 radical (unpaired) electrons. The molecule has 1 fully saturated rings. The summed E-state index contributed by atoms with van der Waals surface area (Å²) in [7, 11) is 1.80. The summed E-state index contributed by atoms with van der Waals surface area (Å²) in [6.07, 6.45) is 4.23. The van der Waals surface area contributed by atoms with E-state index in [2.05, 4.69) is 13.8 Å². The Morgan fingerprint density at radius 2 is 1.91 bits per heavy atom. The smallest absolute Gasteiger partial charge is 0.0490 e. The minimum absolute atomic E-state index is 0.878. The Balaban J connectivity index is 2.00. The molecule has 0 heterocycles. The lowest BCUT2D eigenvalue weighted by Crippen LogP contribution is -2.28. The van der Waals surface area contributed by atoms with Crippen LogP contribution in [0.25, 0.3) is 0 Å². The van der Waals surface area contributed by atoms with Crippen molar-refractivity contribution in [3.05, 3.63) is 0 Å². The Hall–Kier alpha value is -0.0400. The summed E-state index contributed by atoms with van der Waals surface area (Å²) in [6.45, 7) is 5.60. The third kappa shape index (κ3) is 2.82. The molecular formula is C10H20O. The van der Waals surface area contributed by atoms with Gasteiger partial charge in [0.2, 0.25) is 0 Å². The molecule has 0 unspecified atom stereocenters. The lowest BCUT2D eigenvalue weighted by Gasteiger charge is -2.35. The van der Waals surface area contributed by atoms with Crippen molar-refractivity contribution in [1.82, 2.24) is 0 Å². The molecule has 0 aromatic carbocycles. The number of rotatable bonds is 4. The van der Waals surface area contributed by atoms with Crippen molar-refractivity contribution in [1.29, 1.82) is 0 Å². The normalized spacial score (nSPS) is 30.5. The predicted molar refractivity (Wildman–Crippen MR) is 47.5 cm³/mol. The first-order chi connectivity index (χ1) is 5.22. The fraction of sp³-hybridized carbons (Fsp3) is 1.00. The van der Waals surface area contributed by atoms with Crippen LogP contribution in [0.15, 0.2) is 0 Å². The lowest BCUT2D eigenvalue weighted by molar-refractivity contribution is 0.0650. The van der Waals surface area contributed by atoms with Crippen LogP contribution in [-0.4, -0.2) is 13.7 Å². The van der Waals surface area contributed by atoms with Crippen molar-refractivity contribution >= 4 is 0 Å². The first-order valence-electron chi connectivity index (χ1n) is 4.71. The van der Waals surface area contributed by atoms with Crippen LogP contribution in [0.3, 0.4) is 0 Å². The van der Waals surface area contributed by atoms with Gasteiger partial charge >= 0.3 is 0 Å². The topological polar surface area (TPSA) is 9.23 Å². The van der Waals surface area contributed by atoms with Gasteiger partial charge in [-0.3, -0.25) is 0 Å². The highest BCUT2D eigenvalue weighted by Crippen LogP contribution is 2.37. The first-order valence-corrected chi connectivity index (χ1v) is 4.71. The molecule has 0 amide bonds. The quantitative estimate of drug-likeness (QED) is 0.608. The molecule has 1 nitrogen and oxygen atoms in total. The zero-order valence-corrected chi connectivity index (χ0v) is 7.97. The summed E-state index contributed by atoms with van der Waals surface area (Å²) >= 11 is 0. The van der Waals surface area contributed by atoms with Crippen LogP contribution < -0.4 is 0 Å². The van der Waals surface area contributed by atoms with Gasteiger partial charge in [-0.25, -0.2) is 0 Å². The molecule has 0 aliphatic heterocycles. The summed E-state index contributed by atoms with van der Waals surface area (Å²) in [5.74, 6) is 2.77. The van der Waals surface area contributed by atoms with Gasteiger partial charge in [0.05, 0.1) is 0 Å². The molecule has 1 saturated carbocycles. The van der Waals surface area contributed by atoms with E-state index in [9.17, 15) is 0 Å². The Morgan fingerprint density at radius 3 is 2.36 bits per heavy atom. The van der Waals surface area contributed by atoms with Gasteiger partial charge in [0, 0.05) is 13.7 Å². The molecule has 1 rings (SSSR count). The molecule has 66 valence electrons. The van der Waals surface area contributed by atoms with E-state index in [1.54, 1.807) is 7.11 Å². The minimum atomic E-state index is 0.878. The van der Waals surface area contributed by atoms with Gasteiger partial charge in [-0.2, -0.15) is 0 Å². The zero-order valence-electron chi connectivity index (χ0n) is 7.97. The summed E-state index contributed by atoms with van der Waals surface area (Å²) in [5.41, 5.74) is 0. The maximum absolute atomic E-state index is 5.10. The molecule has 0 aromatic heterocycles. The Kier molecular flexibility index (Phi) is 3.38. The Labute approximate surface area is 70.1 Å². The summed E-state index contributed by atoms with van der Waals surface area (Å²) in [5, 5.41) is 0. The van der Waals surface area contributed by atoms with E-state index < -0.39 is 0 Å². The standard InChI is InChI=1S/C10H20O/c1-8(2)4-9-5-10(6-9)7-11-3/h8-10H,4-7H2,1-3H3. The maximum Gasteiger partial charge on any atom is 0.0490 e. The summed E-state index contributed by atoms with van der Waals surface area (Å²) < 4.78 is 5.10. The van der Waals surface area contributed by atoms with Gasteiger partial charge in [-0.15, -0.1) is 0 Å². The molecule has 1 aliphatic rings. The van der Waals surface area contributed by atoms with Crippen molar-refractivity contribution in [3.8, 4) is 0 Å². The molecule has 0 bridgehead atoms. The first kappa shape index (κ1) is 9.05. The number of hydrogen-bond acceptors (Lipinski definition) is 1. The van der Waals surface area contributed by atoms with Crippen molar-refractivity contribution in [3.63, 3.8) is 0 Å². The minimum Gasteiger partial charge on any atom is -0.384 e. The van der Waals surface area contributed by atoms with Gasteiger partial charge in [0.15, 0.2) is 0 Å². The molecule has 0 N–H and O–H groups in total. The molecule has 11 heavy (non-hydrogen) atoms. The second-order valence-corrected chi connectivity index (χ2v) is 4.29. The third-order valence-corrected chi connectivity index (χ3v) is 2.54. The third-order valence-electron chi connectivity index (χ3n) is 2.54. The predicted octanol–water partition coefficient (Wildman–Crippen LogP) is 2.71. The van der Waals surface area contributed by atoms with E-state index in [0.29, 0.717) is 0 Å². The van der Waals surface area contributed by atoms with E-state index in [4.69, 9.17) is 4.74 Å². The van der Waals surface area contributed by atoms with E-state index in [1.165, 1.54) is 19.3 Å². The molecule has 1 aliphatic carbocycles. The van der Waals surface area contributed by atoms with Crippen molar-refractivity contribution in [2.24, 2.45) is 17.8 Å². The van der Waals surface area contributed by atoms with Crippen molar-refractivity contribution in [2.45, 2.75) is 33.1 Å². The van der Waals surface area contributed by atoms with Gasteiger partial charge in [-0.1, -0.05) is 13.8 Å². The monoisotopic (exact) mass is 156 g/mol. The molecule has 1 heteroatoms. The fourth-order valence-corrected chi connectivity index (χ4v) is 2.10. The average molecular weight is 156 g/mol. The van der Waals surface area contributed by atoms with Crippen LogP contribution in [0.4, 0.5) is 0 Å². The highest BCUT2D eigenvalue weighted by molar-refractivity contribution is 4.79. The van der Waals surface area contributed by atoms with Crippen LogP contribution in [-0.2, 0) is 4.74 Å². The van der Waals surface area contributed by atoms with Crippen molar-refractivity contribution < 1.29 is 4.74 Å². The van der Waals surface area contributed by atoms with Crippen LogP contribution >= 0.6 is 0 Å². The molecule has 0 aromatic rings. The molecular weight excluding hydrogens is 136 g/mol. The van der Waals surface area contributed by atoms with E-state index in [1.807, 2.05) is 0 Å². The van der Waals surface area contributed by atoms with Crippen molar-refractivity contribution in [2.75, 3.05) is 13.7 Å². The second kappa shape index (κ2) is 4.10. The van der Waals surface area contributed by atoms with Gasteiger partial charge in [0.25, 0.3) is 0 Å². The maximum atomic E-state index is 5.10. The Bertz CT molecular complexity index is 103. The number of ether oxygens (including phenoxy) is 1. The average Bonchev–Trinajstić information content (AvgIpc) is 1.82. The van der Waals surface area contributed by atoms with Crippen LogP contribution in [0.1, 0.15) is 33.1 Å². The molecule has 0 atom stereocenters. The summed E-state index contributed by atoms with van der Waals surface area (Å²) in [6, 6.07) is 0. The largest absolute Gasteiger partial charge is 0.384 e. The van der Waals surface area contributed by atoms with Gasteiger partial charge < -0.3 is 4.74 Å². The number of methoxy groups -OCH3 is 1. The van der Waals surface area contributed by atoms with Crippen LogP contribution in [0.2, 0.25) is 0 Å². The van der Waals surface area contributed by atoms with Crippen LogP contribution in [0, 0.1) is 17.8 Å². The number of hydrogen-bond donors (Lipinski definition) is 0. The van der Waals surface area contributed by atoms with Gasteiger partial charge in [0.1, 0.15) is 0 Å². The zero-order chi connectivity index (χ0) is 8.27. The fourth-order valence-electron chi connectivity index (χ4n) is 2.10.